The van der Waals surface area contributed by atoms with Crippen LogP contribution in [0.15, 0.2) is 0 Å². The Bertz CT molecular complexity index is 465. The fourth-order valence-corrected chi connectivity index (χ4v) is 4.09. The van der Waals surface area contributed by atoms with Crippen molar-refractivity contribution in [2.45, 2.75) is 32.6 Å². The van der Waals surface area contributed by atoms with E-state index in [1.54, 1.807) is 0 Å². The lowest BCUT2D eigenvalue weighted by Crippen LogP contribution is -2.50. The molecule has 0 unspecified atom stereocenters. The Morgan fingerprint density at radius 3 is 2.23 bits per heavy atom. The minimum absolute atomic E-state index is 0.0210. The third kappa shape index (κ3) is 5.33. The number of amides is 3. The average molecular weight is 367 g/mol. The van der Waals surface area contributed by atoms with Crippen LogP contribution in [0, 0.1) is 11.8 Å². The third-order valence-electron chi connectivity index (χ3n) is 6.03. The average Bonchev–Trinajstić information content (AvgIpc) is 2.69. The van der Waals surface area contributed by atoms with Gasteiger partial charge in [-0.05, 0) is 44.7 Å². The molecular formula is C19H34N4O3. The highest BCUT2D eigenvalue weighted by atomic mass is 16.5. The molecule has 0 spiro atoms. The minimum atomic E-state index is 0.0210. The first kappa shape index (κ1) is 19.4. The smallest absolute Gasteiger partial charge is 0.317 e. The first-order valence-corrected chi connectivity index (χ1v) is 10.2. The van der Waals surface area contributed by atoms with E-state index in [1.807, 2.05) is 9.80 Å². The number of ether oxygens (including phenoxy) is 1. The monoisotopic (exact) mass is 366 g/mol. The van der Waals surface area contributed by atoms with E-state index in [-0.39, 0.29) is 17.9 Å². The maximum atomic E-state index is 12.5. The van der Waals surface area contributed by atoms with Crippen molar-refractivity contribution in [2.75, 3.05) is 65.6 Å². The second kappa shape index (κ2) is 9.55. The van der Waals surface area contributed by atoms with Crippen LogP contribution in [-0.4, -0.2) is 92.2 Å². The number of urea groups is 1. The highest BCUT2D eigenvalue weighted by molar-refractivity contribution is 5.80. The van der Waals surface area contributed by atoms with Gasteiger partial charge in [0.15, 0.2) is 0 Å². The molecule has 7 heteroatoms. The van der Waals surface area contributed by atoms with Crippen molar-refractivity contribution < 1.29 is 14.3 Å². The summed E-state index contributed by atoms with van der Waals surface area (Å²) in [5, 5.41) is 3.05. The molecule has 148 valence electrons. The van der Waals surface area contributed by atoms with E-state index < -0.39 is 0 Å². The Kier molecular flexibility index (Phi) is 7.14. The van der Waals surface area contributed by atoms with Crippen LogP contribution in [0.2, 0.25) is 0 Å². The number of nitrogens with one attached hydrogen (secondary N) is 1. The molecule has 3 fully saturated rings. The van der Waals surface area contributed by atoms with Gasteiger partial charge in [0.25, 0.3) is 0 Å². The van der Waals surface area contributed by atoms with Gasteiger partial charge in [-0.3, -0.25) is 4.79 Å². The van der Waals surface area contributed by atoms with Crippen LogP contribution < -0.4 is 5.32 Å². The molecule has 3 saturated heterocycles. The van der Waals surface area contributed by atoms with Crippen LogP contribution in [-0.2, 0) is 9.53 Å². The summed E-state index contributed by atoms with van der Waals surface area (Å²) in [5.41, 5.74) is 0. The van der Waals surface area contributed by atoms with Crippen LogP contribution in [0.25, 0.3) is 0 Å². The lowest BCUT2D eigenvalue weighted by atomic mass is 9.95. The van der Waals surface area contributed by atoms with Crippen molar-refractivity contribution in [3.8, 4) is 0 Å². The highest BCUT2D eigenvalue weighted by Gasteiger charge is 2.30. The number of hydrogen-bond donors (Lipinski definition) is 1. The Hall–Kier alpha value is -1.34. The van der Waals surface area contributed by atoms with E-state index >= 15 is 0 Å². The molecule has 0 aromatic carbocycles. The summed E-state index contributed by atoms with van der Waals surface area (Å²) >= 11 is 0. The maximum absolute atomic E-state index is 12.5. The van der Waals surface area contributed by atoms with E-state index in [2.05, 4.69) is 17.1 Å². The molecule has 0 radical (unpaired) electrons. The summed E-state index contributed by atoms with van der Waals surface area (Å²) in [7, 11) is 0. The molecule has 3 aliphatic rings. The number of nitrogens with zero attached hydrogens (tertiary/aromatic N) is 3. The van der Waals surface area contributed by atoms with Crippen molar-refractivity contribution in [1.82, 2.24) is 20.0 Å². The first-order chi connectivity index (χ1) is 12.6. The predicted molar refractivity (Wildman–Crippen MR) is 99.9 cm³/mol. The molecule has 0 saturated carbocycles. The number of carbonyl (C=O) groups is 2. The highest BCUT2D eigenvalue weighted by Crippen LogP contribution is 2.20. The first-order valence-electron chi connectivity index (χ1n) is 10.2. The normalized spacial score (nSPS) is 23.9. The maximum Gasteiger partial charge on any atom is 0.317 e. The number of likely N-dealkylation sites (tertiary alicyclic amines) is 2. The molecule has 0 bridgehead atoms. The molecule has 26 heavy (non-hydrogen) atoms. The summed E-state index contributed by atoms with van der Waals surface area (Å²) < 4.78 is 5.31. The number of rotatable bonds is 4. The number of morpholine rings is 1. The number of piperidine rings is 2. The summed E-state index contributed by atoms with van der Waals surface area (Å²) in [4.78, 5) is 31.1. The zero-order valence-electron chi connectivity index (χ0n) is 16.1. The molecule has 7 nitrogen and oxygen atoms in total. The van der Waals surface area contributed by atoms with Gasteiger partial charge in [0.1, 0.15) is 0 Å². The summed E-state index contributed by atoms with van der Waals surface area (Å²) in [5.74, 6) is 1.14. The Morgan fingerprint density at radius 1 is 0.923 bits per heavy atom. The SMILES string of the molecule is CC1CCN(CCNC(=O)N2CCC(C(=O)N3CCOCC3)CC2)CC1. The van der Waals surface area contributed by atoms with E-state index in [4.69, 9.17) is 4.74 Å². The van der Waals surface area contributed by atoms with Gasteiger partial charge in [0.05, 0.1) is 13.2 Å². The van der Waals surface area contributed by atoms with Crippen LogP contribution >= 0.6 is 0 Å². The molecule has 3 rings (SSSR count). The van der Waals surface area contributed by atoms with E-state index in [0.29, 0.717) is 45.9 Å². The molecule has 1 N–H and O–H groups in total. The van der Waals surface area contributed by atoms with Gasteiger partial charge in [-0.1, -0.05) is 6.92 Å². The molecule has 3 amide bonds. The fourth-order valence-electron chi connectivity index (χ4n) is 4.09. The molecule has 0 aliphatic carbocycles. The summed E-state index contributed by atoms with van der Waals surface area (Å²) in [6.45, 7) is 10.3. The molecule has 0 aromatic heterocycles. The van der Waals surface area contributed by atoms with Crippen molar-refractivity contribution in [1.29, 1.82) is 0 Å². The second-order valence-electron chi connectivity index (χ2n) is 7.96. The van der Waals surface area contributed by atoms with Gasteiger partial charge in [0.2, 0.25) is 5.91 Å². The van der Waals surface area contributed by atoms with Crippen molar-refractivity contribution in [2.24, 2.45) is 11.8 Å². The molecule has 3 aliphatic heterocycles. The number of hydrogen-bond acceptors (Lipinski definition) is 4. The zero-order chi connectivity index (χ0) is 18.4. The molecule has 0 atom stereocenters. The topological polar surface area (TPSA) is 65.1 Å². The minimum Gasteiger partial charge on any atom is -0.378 e. The van der Waals surface area contributed by atoms with E-state index in [1.165, 1.54) is 12.8 Å². The van der Waals surface area contributed by atoms with Gasteiger partial charge < -0.3 is 24.8 Å². The zero-order valence-corrected chi connectivity index (χ0v) is 16.1. The van der Waals surface area contributed by atoms with Gasteiger partial charge in [-0.25, -0.2) is 4.79 Å². The van der Waals surface area contributed by atoms with Crippen LogP contribution in [0.5, 0.6) is 0 Å². The second-order valence-corrected chi connectivity index (χ2v) is 7.96. The summed E-state index contributed by atoms with van der Waals surface area (Å²) in [6, 6.07) is 0.0210. The predicted octanol–water partition coefficient (Wildman–Crippen LogP) is 0.999. The van der Waals surface area contributed by atoms with Gasteiger partial charge in [-0.2, -0.15) is 0 Å². The van der Waals surface area contributed by atoms with E-state index in [0.717, 1.165) is 38.4 Å². The standard InChI is InChI=1S/C19H34N4O3/c1-16-2-7-21(8-3-16)11-6-20-19(25)23-9-4-17(5-10-23)18(24)22-12-14-26-15-13-22/h16-17H,2-15H2,1H3,(H,20,25). The van der Waals surface area contributed by atoms with Crippen LogP contribution in [0.1, 0.15) is 32.6 Å². The van der Waals surface area contributed by atoms with Crippen LogP contribution in [0.4, 0.5) is 4.79 Å². The third-order valence-corrected chi connectivity index (χ3v) is 6.03. The number of carbonyl (C=O) groups excluding carboxylic acids is 2. The van der Waals surface area contributed by atoms with Gasteiger partial charge in [0, 0.05) is 45.2 Å². The van der Waals surface area contributed by atoms with Crippen molar-refractivity contribution in [3.63, 3.8) is 0 Å². The largest absolute Gasteiger partial charge is 0.378 e. The van der Waals surface area contributed by atoms with Crippen molar-refractivity contribution >= 4 is 11.9 Å². The summed E-state index contributed by atoms with van der Waals surface area (Å²) in [6.07, 6.45) is 4.07. The fraction of sp³-hybridized carbons (Fsp3) is 0.895. The van der Waals surface area contributed by atoms with Gasteiger partial charge >= 0.3 is 6.03 Å². The Labute approximate surface area is 157 Å². The Morgan fingerprint density at radius 2 is 1.58 bits per heavy atom. The molecule has 0 aromatic rings. The van der Waals surface area contributed by atoms with Gasteiger partial charge in [-0.15, -0.1) is 0 Å². The molecule has 3 heterocycles. The van der Waals surface area contributed by atoms with Crippen LogP contribution in [0.3, 0.4) is 0 Å². The molecular weight excluding hydrogens is 332 g/mol. The lowest BCUT2D eigenvalue weighted by molar-refractivity contribution is -0.141. The quantitative estimate of drug-likeness (QED) is 0.806. The van der Waals surface area contributed by atoms with Crippen molar-refractivity contribution in [3.05, 3.63) is 0 Å². The Balaban J connectivity index is 1.32. The lowest BCUT2D eigenvalue weighted by Gasteiger charge is -2.35. The van der Waals surface area contributed by atoms with E-state index in [9.17, 15) is 9.59 Å².